The SMILES string of the molecule is CC(C)(CNC(=O)c1ccc(OC(F)(F)F)cc1)C1Nc2ccc([N+](=O)[O-])cc2C2OCCC21. The number of alkyl halides is 3. The Balaban J connectivity index is 1.46. The van der Waals surface area contributed by atoms with E-state index in [2.05, 4.69) is 15.4 Å². The molecule has 2 aromatic carbocycles. The highest BCUT2D eigenvalue weighted by Crippen LogP contribution is 2.49. The molecule has 0 radical (unpaired) electrons. The molecular formula is C23H24F3N3O5. The highest BCUT2D eigenvalue weighted by atomic mass is 19.4. The van der Waals surface area contributed by atoms with Crippen LogP contribution in [0, 0.1) is 21.4 Å². The van der Waals surface area contributed by atoms with E-state index in [1.165, 1.54) is 18.2 Å². The first-order valence-corrected chi connectivity index (χ1v) is 10.7. The Morgan fingerprint density at radius 3 is 2.59 bits per heavy atom. The van der Waals surface area contributed by atoms with Crippen molar-refractivity contribution in [1.29, 1.82) is 0 Å². The van der Waals surface area contributed by atoms with Crippen LogP contribution in [0.2, 0.25) is 0 Å². The maximum Gasteiger partial charge on any atom is 0.573 e. The molecule has 2 heterocycles. The van der Waals surface area contributed by atoms with Gasteiger partial charge in [-0.25, -0.2) is 0 Å². The quantitative estimate of drug-likeness (QED) is 0.455. The van der Waals surface area contributed by atoms with E-state index >= 15 is 0 Å². The Hall–Kier alpha value is -3.34. The molecule has 0 saturated carbocycles. The van der Waals surface area contributed by atoms with Crippen molar-refractivity contribution in [2.24, 2.45) is 11.3 Å². The van der Waals surface area contributed by atoms with Crippen molar-refractivity contribution in [2.45, 2.75) is 38.8 Å². The number of carbonyl (C=O) groups excluding carboxylic acids is 1. The molecule has 182 valence electrons. The van der Waals surface area contributed by atoms with Gasteiger partial charge in [0.2, 0.25) is 0 Å². The number of nitro benzene ring substituents is 1. The van der Waals surface area contributed by atoms with E-state index in [1.54, 1.807) is 12.1 Å². The zero-order chi connectivity index (χ0) is 24.7. The highest BCUT2D eigenvalue weighted by Gasteiger charge is 2.47. The first-order valence-electron chi connectivity index (χ1n) is 10.7. The average molecular weight is 479 g/mol. The van der Waals surface area contributed by atoms with Crippen LogP contribution in [-0.2, 0) is 4.74 Å². The number of carbonyl (C=O) groups is 1. The predicted octanol–water partition coefficient (Wildman–Crippen LogP) is 4.82. The number of hydrogen-bond acceptors (Lipinski definition) is 6. The fraction of sp³-hybridized carbons (Fsp3) is 0.435. The van der Waals surface area contributed by atoms with Gasteiger partial charge in [-0.15, -0.1) is 13.2 Å². The lowest BCUT2D eigenvalue weighted by Crippen LogP contribution is -2.51. The number of amides is 1. The Kier molecular flexibility index (Phi) is 6.15. The maximum atomic E-state index is 12.6. The molecule has 2 aliphatic rings. The third-order valence-electron chi connectivity index (χ3n) is 6.33. The molecule has 2 aromatic rings. The third kappa shape index (κ3) is 4.93. The molecule has 0 spiro atoms. The molecule has 1 fully saturated rings. The van der Waals surface area contributed by atoms with Crippen molar-refractivity contribution in [3.63, 3.8) is 0 Å². The van der Waals surface area contributed by atoms with E-state index in [1.807, 2.05) is 13.8 Å². The number of fused-ring (bicyclic) bond motifs is 3. The molecule has 0 aromatic heterocycles. The Morgan fingerprint density at radius 2 is 1.94 bits per heavy atom. The van der Waals surface area contributed by atoms with Crippen molar-refractivity contribution >= 4 is 17.3 Å². The first-order chi connectivity index (χ1) is 15.9. The summed E-state index contributed by atoms with van der Waals surface area (Å²) in [6, 6.07) is 9.30. The minimum atomic E-state index is -4.80. The lowest BCUT2D eigenvalue weighted by Gasteiger charge is -2.44. The standard InChI is InChI=1S/C23H24F3N3O5/c1-22(2,12-27-21(30)13-3-6-15(7-4-13)34-23(24,25)26)20-16-9-10-33-19(16)17-11-14(29(31)32)5-8-18(17)28-20/h3-8,11,16,19-20,28H,9-10,12H2,1-2H3,(H,27,30). The molecule has 0 aliphatic carbocycles. The number of halogens is 3. The monoisotopic (exact) mass is 479 g/mol. The maximum absolute atomic E-state index is 12.6. The molecule has 3 atom stereocenters. The minimum Gasteiger partial charge on any atom is -0.406 e. The van der Waals surface area contributed by atoms with Gasteiger partial charge in [0, 0.05) is 59.5 Å². The summed E-state index contributed by atoms with van der Waals surface area (Å²) in [7, 11) is 0. The van der Waals surface area contributed by atoms with E-state index in [0.29, 0.717) is 6.61 Å². The van der Waals surface area contributed by atoms with Crippen LogP contribution in [0.25, 0.3) is 0 Å². The Labute approximate surface area is 193 Å². The van der Waals surface area contributed by atoms with Crippen LogP contribution < -0.4 is 15.4 Å². The van der Waals surface area contributed by atoms with E-state index in [9.17, 15) is 28.1 Å². The summed E-state index contributed by atoms with van der Waals surface area (Å²) in [6.07, 6.45) is -4.31. The zero-order valence-corrected chi connectivity index (χ0v) is 18.5. The summed E-state index contributed by atoms with van der Waals surface area (Å²) in [4.78, 5) is 23.4. The summed E-state index contributed by atoms with van der Waals surface area (Å²) in [5.41, 5.74) is 1.30. The molecule has 1 saturated heterocycles. The number of anilines is 1. The topological polar surface area (TPSA) is 103 Å². The molecule has 3 unspecified atom stereocenters. The summed E-state index contributed by atoms with van der Waals surface area (Å²) in [5.74, 6) is -0.764. The Morgan fingerprint density at radius 1 is 1.24 bits per heavy atom. The second-order valence-corrected chi connectivity index (χ2v) is 9.14. The van der Waals surface area contributed by atoms with Gasteiger partial charge in [-0.1, -0.05) is 13.8 Å². The lowest BCUT2D eigenvalue weighted by molar-refractivity contribution is -0.385. The van der Waals surface area contributed by atoms with E-state index in [0.717, 1.165) is 29.8 Å². The predicted molar refractivity (Wildman–Crippen MR) is 117 cm³/mol. The van der Waals surface area contributed by atoms with Gasteiger partial charge in [-0.3, -0.25) is 14.9 Å². The largest absolute Gasteiger partial charge is 0.573 e. The molecule has 11 heteroatoms. The summed E-state index contributed by atoms with van der Waals surface area (Å²) < 4.78 is 46.7. The number of nitro groups is 1. The summed E-state index contributed by atoms with van der Waals surface area (Å²) in [5, 5.41) is 17.5. The van der Waals surface area contributed by atoms with Gasteiger partial charge < -0.3 is 20.1 Å². The molecule has 0 bridgehead atoms. The van der Waals surface area contributed by atoms with Gasteiger partial charge in [0.15, 0.2) is 0 Å². The first kappa shape index (κ1) is 23.8. The van der Waals surface area contributed by atoms with Crippen LogP contribution in [0.1, 0.15) is 42.3 Å². The molecule has 1 amide bonds. The van der Waals surface area contributed by atoms with Crippen molar-refractivity contribution in [1.82, 2.24) is 5.32 Å². The number of hydrogen-bond donors (Lipinski definition) is 2. The van der Waals surface area contributed by atoms with Gasteiger partial charge in [-0.05, 0) is 36.8 Å². The van der Waals surface area contributed by atoms with Crippen molar-refractivity contribution in [3.8, 4) is 5.75 Å². The molecule has 2 N–H and O–H groups in total. The van der Waals surface area contributed by atoms with Crippen LogP contribution in [0.15, 0.2) is 42.5 Å². The number of nitrogens with zero attached hydrogens (tertiary/aromatic N) is 1. The highest BCUT2D eigenvalue weighted by molar-refractivity contribution is 5.94. The van der Waals surface area contributed by atoms with Crippen LogP contribution in [0.5, 0.6) is 5.75 Å². The fourth-order valence-corrected chi connectivity index (χ4v) is 4.68. The summed E-state index contributed by atoms with van der Waals surface area (Å²) in [6.45, 7) is 4.81. The molecule has 2 aliphatic heterocycles. The van der Waals surface area contributed by atoms with Gasteiger partial charge >= 0.3 is 6.36 Å². The van der Waals surface area contributed by atoms with Gasteiger partial charge in [0.05, 0.1) is 11.0 Å². The fourth-order valence-electron chi connectivity index (χ4n) is 4.68. The number of nitrogens with one attached hydrogen (secondary N) is 2. The summed E-state index contributed by atoms with van der Waals surface area (Å²) >= 11 is 0. The second kappa shape index (κ2) is 8.79. The van der Waals surface area contributed by atoms with Crippen LogP contribution in [0.3, 0.4) is 0 Å². The van der Waals surface area contributed by atoms with Crippen LogP contribution >= 0.6 is 0 Å². The van der Waals surface area contributed by atoms with E-state index < -0.39 is 28.4 Å². The van der Waals surface area contributed by atoms with Crippen molar-refractivity contribution in [2.75, 3.05) is 18.5 Å². The van der Waals surface area contributed by atoms with Crippen LogP contribution in [-0.4, -0.2) is 36.4 Å². The Bertz CT molecular complexity index is 1090. The van der Waals surface area contributed by atoms with E-state index in [4.69, 9.17) is 4.74 Å². The van der Waals surface area contributed by atoms with Gasteiger partial charge in [0.25, 0.3) is 11.6 Å². The second-order valence-electron chi connectivity index (χ2n) is 9.14. The minimum absolute atomic E-state index is 0.00595. The normalized spacial score (nSPS) is 21.7. The number of ether oxygens (including phenoxy) is 2. The van der Waals surface area contributed by atoms with Crippen molar-refractivity contribution in [3.05, 3.63) is 63.7 Å². The number of benzene rings is 2. The van der Waals surface area contributed by atoms with Gasteiger partial charge in [0.1, 0.15) is 5.75 Å². The van der Waals surface area contributed by atoms with Crippen LogP contribution in [0.4, 0.5) is 24.5 Å². The molecule has 34 heavy (non-hydrogen) atoms. The molecule has 4 rings (SSSR count). The van der Waals surface area contributed by atoms with E-state index in [-0.39, 0.29) is 35.9 Å². The average Bonchev–Trinajstić information content (AvgIpc) is 3.26. The zero-order valence-electron chi connectivity index (χ0n) is 18.5. The molecular weight excluding hydrogens is 455 g/mol. The smallest absolute Gasteiger partial charge is 0.406 e. The van der Waals surface area contributed by atoms with Crippen molar-refractivity contribution < 1.29 is 32.4 Å². The number of non-ortho nitro benzene ring substituents is 1. The van der Waals surface area contributed by atoms with Gasteiger partial charge in [-0.2, -0.15) is 0 Å². The lowest BCUT2D eigenvalue weighted by atomic mass is 9.71. The number of rotatable bonds is 6. The third-order valence-corrected chi connectivity index (χ3v) is 6.33. The molecule has 8 nitrogen and oxygen atoms in total.